The number of hydrogen-bond donors (Lipinski definition) is 0. The molecule has 13 heavy (non-hydrogen) atoms. The maximum absolute atomic E-state index is 5.49. The van der Waals surface area contributed by atoms with E-state index in [1.165, 1.54) is 11.3 Å². The van der Waals surface area contributed by atoms with Crippen LogP contribution in [0.4, 0.5) is 0 Å². The highest BCUT2D eigenvalue weighted by atomic mass is 79.9. The Labute approximate surface area is 90.2 Å². The summed E-state index contributed by atoms with van der Waals surface area (Å²) in [6, 6.07) is 0. The lowest BCUT2D eigenvalue weighted by Gasteiger charge is -2.11. The number of halogens is 1. The van der Waals surface area contributed by atoms with Crippen molar-refractivity contribution < 1.29 is 9.47 Å². The van der Waals surface area contributed by atoms with Crippen molar-refractivity contribution in [1.29, 1.82) is 0 Å². The van der Waals surface area contributed by atoms with Crippen molar-refractivity contribution in [2.45, 2.75) is 20.0 Å². The SMILES string of the molecule is CCOCC(C)Oc1nc(Br)cs1. The van der Waals surface area contributed by atoms with E-state index in [0.717, 1.165) is 11.2 Å². The summed E-state index contributed by atoms with van der Waals surface area (Å²) in [6.45, 7) is 5.25. The highest BCUT2D eigenvalue weighted by Gasteiger charge is 2.06. The molecule has 0 bridgehead atoms. The molecule has 0 aliphatic heterocycles. The van der Waals surface area contributed by atoms with E-state index in [4.69, 9.17) is 9.47 Å². The first kappa shape index (κ1) is 10.9. The van der Waals surface area contributed by atoms with Crippen molar-refractivity contribution in [3.05, 3.63) is 9.98 Å². The second-order valence-electron chi connectivity index (χ2n) is 2.52. The minimum atomic E-state index is 0.0537. The van der Waals surface area contributed by atoms with Crippen molar-refractivity contribution in [2.24, 2.45) is 0 Å². The minimum Gasteiger partial charge on any atom is -0.465 e. The number of thiazole rings is 1. The lowest BCUT2D eigenvalue weighted by atomic mass is 10.4. The van der Waals surface area contributed by atoms with Crippen LogP contribution in [0.5, 0.6) is 5.19 Å². The summed E-state index contributed by atoms with van der Waals surface area (Å²) < 4.78 is 11.5. The second-order valence-corrected chi connectivity index (χ2v) is 4.16. The van der Waals surface area contributed by atoms with Gasteiger partial charge in [-0.1, -0.05) is 11.3 Å². The highest BCUT2D eigenvalue weighted by Crippen LogP contribution is 2.22. The predicted octanol–water partition coefficient (Wildman–Crippen LogP) is 2.71. The molecule has 74 valence electrons. The summed E-state index contributed by atoms with van der Waals surface area (Å²) in [4.78, 5) is 4.12. The molecule has 0 aliphatic carbocycles. The first-order valence-electron chi connectivity index (χ1n) is 4.07. The standard InChI is InChI=1S/C8H12BrNO2S/c1-3-11-4-6(2)12-8-10-7(9)5-13-8/h5-6H,3-4H2,1-2H3. The Hall–Kier alpha value is -0.130. The van der Waals surface area contributed by atoms with E-state index in [1.54, 1.807) is 0 Å². The maximum atomic E-state index is 5.49. The Morgan fingerprint density at radius 2 is 2.46 bits per heavy atom. The molecule has 1 atom stereocenters. The lowest BCUT2D eigenvalue weighted by molar-refractivity contribution is 0.0655. The summed E-state index contributed by atoms with van der Waals surface area (Å²) in [5.41, 5.74) is 0. The molecule has 1 unspecified atom stereocenters. The fourth-order valence-corrected chi connectivity index (χ4v) is 1.96. The topological polar surface area (TPSA) is 31.4 Å². The zero-order valence-electron chi connectivity index (χ0n) is 7.62. The quantitative estimate of drug-likeness (QED) is 0.821. The minimum absolute atomic E-state index is 0.0537. The van der Waals surface area contributed by atoms with E-state index in [2.05, 4.69) is 20.9 Å². The van der Waals surface area contributed by atoms with Gasteiger partial charge in [0, 0.05) is 12.0 Å². The lowest BCUT2D eigenvalue weighted by Crippen LogP contribution is -2.18. The van der Waals surface area contributed by atoms with Crippen LogP contribution >= 0.6 is 27.3 Å². The number of hydrogen-bond acceptors (Lipinski definition) is 4. The molecule has 0 saturated heterocycles. The molecule has 0 radical (unpaired) electrons. The third-order valence-corrected chi connectivity index (χ3v) is 2.75. The van der Waals surface area contributed by atoms with E-state index in [1.807, 2.05) is 19.2 Å². The van der Waals surface area contributed by atoms with Gasteiger partial charge in [-0.2, -0.15) is 4.98 Å². The molecule has 0 spiro atoms. The normalized spacial score (nSPS) is 12.8. The predicted molar refractivity (Wildman–Crippen MR) is 56.4 cm³/mol. The largest absolute Gasteiger partial charge is 0.465 e. The number of ether oxygens (including phenoxy) is 2. The van der Waals surface area contributed by atoms with E-state index in [0.29, 0.717) is 11.8 Å². The molecule has 1 heterocycles. The number of rotatable bonds is 5. The Morgan fingerprint density at radius 1 is 1.69 bits per heavy atom. The average Bonchev–Trinajstić information content (AvgIpc) is 2.48. The van der Waals surface area contributed by atoms with Gasteiger partial charge in [-0.05, 0) is 29.8 Å². The zero-order valence-corrected chi connectivity index (χ0v) is 10.0. The van der Waals surface area contributed by atoms with Gasteiger partial charge >= 0.3 is 0 Å². The van der Waals surface area contributed by atoms with Crippen molar-refractivity contribution in [1.82, 2.24) is 4.98 Å². The van der Waals surface area contributed by atoms with E-state index in [-0.39, 0.29) is 6.10 Å². The van der Waals surface area contributed by atoms with E-state index < -0.39 is 0 Å². The van der Waals surface area contributed by atoms with Crippen LogP contribution in [-0.2, 0) is 4.74 Å². The first-order chi connectivity index (χ1) is 6.22. The van der Waals surface area contributed by atoms with Crippen LogP contribution in [0.25, 0.3) is 0 Å². The van der Waals surface area contributed by atoms with Crippen molar-refractivity contribution >= 4 is 27.3 Å². The third-order valence-electron chi connectivity index (χ3n) is 1.31. The summed E-state index contributed by atoms with van der Waals surface area (Å²) in [5.74, 6) is 0. The van der Waals surface area contributed by atoms with Gasteiger partial charge in [-0.15, -0.1) is 0 Å². The molecule has 3 nitrogen and oxygen atoms in total. The Balaban J connectivity index is 2.31. The van der Waals surface area contributed by atoms with Gasteiger partial charge in [0.05, 0.1) is 6.61 Å². The third kappa shape index (κ3) is 4.06. The molecule has 0 fully saturated rings. The molecule has 1 aromatic heterocycles. The van der Waals surface area contributed by atoms with E-state index in [9.17, 15) is 0 Å². The van der Waals surface area contributed by atoms with Crippen LogP contribution in [0.1, 0.15) is 13.8 Å². The molecular weight excluding hydrogens is 254 g/mol. The van der Waals surface area contributed by atoms with Gasteiger partial charge in [0.25, 0.3) is 5.19 Å². The smallest absolute Gasteiger partial charge is 0.274 e. The zero-order chi connectivity index (χ0) is 9.68. The highest BCUT2D eigenvalue weighted by molar-refractivity contribution is 9.10. The Bertz CT molecular complexity index is 254. The molecule has 0 amide bonds. The van der Waals surface area contributed by atoms with Crippen LogP contribution in [0, 0.1) is 0 Å². The fraction of sp³-hybridized carbons (Fsp3) is 0.625. The van der Waals surface area contributed by atoms with Crippen LogP contribution in [0.15, 0.2) is 9.98 Å². The van der Waals surface area contributed by atoms with Gasteiger partial charge in [-0.25, -0.2) is 0 Å². The molecule has 0 N–H and O–H groups in total. The monoisotopic (exact) mass is 265 g/mol. The Kier molecular flexibility index (Phi) is 4.69. The van der Waals surface area contributed by atoms with Gasteiger partial charge < -0.3 is 9.47 Å². The molecule has 0 saturated carbocycles. The molecule has 1 rings (SSSR count). The second kappa shape index (κ2) is 5.57. The number of nitrogens with zero attached hydrogens (tertiary/aromatic N) is 1. The first-order valence-corrected chi connectivity index (χ1v) is 5.75. The Morgan fingerprint density at radius 3 is 3.00 bits per heavy atom. The van der Waals surface area contributed by atoms with Gasteiger partial charge in [-0.3, -0.25) is 0 Å². The van der Waals surface area contributed by atoms with Crippen molar-refractivity contribution in [3.8, 4) is 5.19 Å². The molecular formula is C8H12BrNO2S. The van der Waals surface area contributed by atoms with Crippen LogP contribution < -0.4 is 4.74 Å². The average molecular weight is 266 g/mol. The molecule has 1 aromatic rings. The van der Waals surface area contributed by atoms with Gasteiger partial charge in [0.1, 0.15) is 10.7 Å². The fourth-order valence-electron chi connectivity index (χ4n) is 0.783. The summed E-state index contributed by atoms with van der Waals surface area (Å²) >= 11 is 4.74. The summed E-state index contributed by atoms with van der Waals surface area (Å²) in [6.07, 6.45) is 0.0537. The van der Waals surface area contributed by atoms with Crippen molar-refractivity contribution in [2.75, 3.05) is 13.2 Å². The molecule has 5 heteroatoms. The maximum Gasteiger partial charge on any atom is 0.274 e. The molecule has 0 aromatic carbocycles. The molecule has 0 aliphatic rings. The van der Waals surface area contributed by atoms with E-state index >= 15 is 0 Å². The van der Waals surface area contributed by atoms with Crippen molar-refractivity contribution in [3.63, 3.8) is 0 Å². The summed E-state index contributed by atoms with van der Waals surface area (Å²) in [5, 5.41) is 2.57. The van der Waals surface area contributed by atoms with Crippen LogP contribution in [-0.4, -0.2) is 24.3 Å². The van der Waals surface area contributed by atoms with Gasteiger partial charge in [0.15, 0.2) is 0 Å². The summed E-state index contributed by atoms with van der Waals surface area (Å²) in [7, 11) is 0. The van der Waals surface area contributed by atoms with Crippen LogP contribution in [0.3, 0.4) is 0 Å². The number of aromatic nitrogens is 1. The van der Waals surface area contributed by atoms with Crippen LogP contribution in [0.2, 0.25) is 0 Å². The van der Waals surface area contributed by atoms with Gasteiger partial charge in [0.2, 0.25) is 0 Å².